The zero-order chi connectivity index (χ0) is 16.3. The molecule has 0 radical (unpaired) electrons. The van der Waals surface area contributed by atoms with E-state index in [4.69, 9.17) is 0 Å². The van der Waals surface area contributed by atoms with E-state index < -0.39 is 29.1 Å². The average molecular weight is 310 g/mol. The molecule has 0 saturated heterocycles. The minimum absolute atomic E-state index is 0.344. The first-order valence-electron chi connectivity index (χ1n) is 5.01. The van der Waals surface area contributed by atoms with Crippen molar-refractivity contribution in [3.63, 3.8) is 0 Å². The van der Waals surface area contributed by atoms with Crippen LogP contribution in [0.15, 0.2) is 34.3 Å². The Labute approximate surface area is 112 Å². The van der Waals surface area contributed by atoms with E-state index in [1.54, 1.807) is 0 Å². The van der Waals surface area contributed by atoms with E-state index in [0.717, 1.165) is 0 Å². The van der Waals surface area contributed by atoms with Crippen molar-refractivity contribution in [2.24, 2.45) is 9.98 Å². The summed E-state index contributed by atoms with van der Waals surface area (Å²) in [5.41, 5.74) is -5.83. The Kier molecular flexibility index (Phi) is 4.36. The van der Waals surface area contributed by atoms with Crippen LogP contribution in [0.25, 0.3) is 0 Å². The minimum Gasteiger partial charge on any atom is -0.211 e. The molecule has 0 saturated carbocycles. The van der Waals surface area contributed by atoms with Gasteiger partial charge in [0.05, 0.1) is 5.56 Å². The lowest BCUT2D eigenvalue weighted by Gasteiger charge is -2.25. The van der Waals surface area contributed by atoms with Crippen molar-refractivity contribution in [1.29, 1.82) is 0 Å². The van der Waals surface area contributed by atoms with Gasteiger partial charge >= 0.3 is 12.4 Å². The standard InChI is InChI=1S/C11H4F6N2O2/c12-10(13,14)8-3-1-7(2-4-8)9(18-5-20,19-6-21)11(15,16)17/h1-4H. The molecule has 0 N–H and O–H groups in total. The van der Waals surface area contributed by atoms with Gasteiger partial charge in [0.1, 0.15) is 0 Å². The molecule has 1 rings (SSSR count). The second-order valence-electron chi connectivity index (χ2n) is 3.65. The maximum Gasteiger partial charge on any atom is 0.440 e. The molecule has 0 aliphatic carbocycles. The molecular formula is C11H4F6N2O2. The van der Waals surface area contributed by atoms with E-state index in [1.165, 1.54) is 0 Å². The van der Waals surface area contributed by atoms with E-state index in [0.29, 0.717) is 36.4 Å². The summed E-state index contributed by atoms with van der Waals surface area (Å²) in [6, 6.07) is 1.52. The Morgan fingerprint density at radius 3 is 1.43 bits per heavy atom. The van der Waals surface area contributed by atoms with Gasteiger partial charge in [-0.3, -0.25) is 0 Å². The first-order chi connectivity index (χ1) is 9.58. The predicted molar refractivity (Wildman–Crippen MR) is 55.4 cm³/mol. The highest BCUT2D eigenvalue weighted by molar-refractivity contribution is 5.44. The predicted octanol–water partition coefficient (Wildman–Crippen LogP) is 3.09. The van der Waals surface area contributed by atoms with Crippen LogP contribution in [-0.2, 0) is 21.4 Å². The molecule has 0 spiro atoms. The second-order valence-corrected chi connectivity index (χ2v) is 3.65. The first-order valence-corrected chi connectivity index (χ1v) is 5.01. The smallest absolute Gasteiger partial charge is 0.211 e. The Morgan fingerprint density at radius 2 is 1.14 bits per heavy atom. The zero-order valence-electron chi connectivity index (χ0n) is 9.79. The summed E-state index contributed by atoms with van der Waals surface area (Å²) in [5.74, 6) is 0. The molecule has 0 heterocycles. The number of benzene rings is 1. The molecule has 0 amide bonds. The highest BCUT2D eigenvalue weighted by Crippen LogP contribution is 2.43. The molecule has 4 nitrogen and oxygen atoms in total. The van der Waals surface area contributed by atoms with Crippen LogP contribution in [0.4, 0.5) is 26.3 Å². The van der Waals surface area contributed by atoms with Crippen molar-refractivity contribution < 1.29 is 35.9 Å². The molecule has 21 heavy (non-hydrogen) atoms. The van der Waals surface area contributed by atoms with E-state index in [9.17, 15) is 35.9 Å². The van der Waals surface area contributed by atoms with Gasteiger partial charge in [-0.05, 0) is 12.1 Å². The van der Waals surface area contributed by atoms with Crippen molar-refractivity contribution in [1.82, 2.24) is 0 Å². The summed E-state index contributed by atoms with van der Waals surface area (Å²) in [6.07, 6.45) is -8.90. The summed E-state index contributed by atoms with van der Waals surface area (Å²) in [4.78, 5) is 25.2. The highest BCUT2D eigenvalue weighted by Gasteiger charge is 2.58. The third-order valence-corrected chi connectivity index (χ3v) is 2.42. The summed E-state index contributed by atoms with van der Waals surface area (Å²) in [7, 11) is 0. The Bertz CT molecular complexity index is 589. The number of rotatable bonds is 3. The van der Waals surface area contributed by atoms with Gasteiger partial charge in [0.25, 0.3) is 5.66 Å². The van der Waals surface area contributed by atoms with Crippen LogP contribution >= 0.6 is 0 Å². The van der Waals surface area contributed by atoms with Crippen LogP contribution in [0.1, 0.15) is 11.1 Å². The fourth-order valence-corrected chi connectivity index (χ4v) is 1.47. The third-order valence-electron chi connectivity index (χ3n) is 2.42. The van der Waals surface area contributed by atoms with Gasteiger partial charge in [-0.1, -0.05) is 12.1 Å². The molecule has 10 heteroatoms. The topological polar surface area (TPSA) is 58.9 Å². The summed E-state index contributed by atoms with van der Waals surface area (Å²) >= 11 is 0. The number of hydrogen-bond acceptors (Lipinski definition) is 4. The lowest BCUT2D eigenvalue weighted by Crippen LogP contribution is -2.39. The molecule has 1 aromatic rings. The Hall–Kier alpha value is -2.44. The van der Waals surface area contributed by atoms with Crippen molar-refractivity contribution in [3.05, 3.63) is 35.4 Å². The average Bonchev–Trinajstić information content (AvgIpc) is 2.36. The van der Waals surface area contributed by atoms with E-state index in [1.807, 2.05) is 0 Å². The first kappa shape index (κ1) is 16.6. The molecule has 0 bridgehead atoms. The van der Waals surface area contributed by atoms with Crippen LogP contribution in [0.5, 0.6) is 0 Å². The minimum atomic E-state index is -5.35. The maximum absolute atomic E-state index is 13.0. The van der Waals surface area contributed by atoms with Crippen LogP contribution in [-0.4, -0.2) is 18.3 Å². The molecule has 0 aliphatic rings. The van der Waals surface area contributed by atoms with E-state index in [2.05, 4.69) is 9.98 Å². The van der Waals surface area contributed by atoms with E-state index in [-0.39, 0.29) is 0 Å². The van der Waals surface area contributed by atoms with Crippen molar-refractivity contribution in [2.45, 2.75) is 18.0 Å². The normalized spacial score (nSPS) is 14.6. The summed E-state index contributed by atoms with van der Waals surface area (Å²) < 4.78 is 76.1. The number of hydrogen-bond donors (Lipinski definition) is 0. The van der Waals surface area contributed by atoms with Gasteiger partial charge in [0, 0.05) is 5.56 Å². The number of isocyanates is 2. The number of alkyl halides is 6. The number of halogens is 6. The lowest BCUT2D eigenvalue weighted by atomic mass is 9.98. The molecule has 0 aliphatic heterocycles. The fraction of sp³-hybridized carbons (Fsp3) is 0.273. The van der Waals surface area contributed by atoms with Gasteiger partial charge in [0.15, 0.2) is 0 Å². The molecule has 0 fully saturated rings. The van der Waals surface area contributed by atoms with Crippen molar-refractivity contribution >= 4 is 12.2 Å². The van der Waals surface area contributed by atoms with Gasteiger partial charge in [0.2, 0.25) is 12.2 Å². The van der Waals surface area contributed by atoms with Crippen molar-refractivity contribution in [3.8, 4) is 0 Å². The number of nitrogens with zero attached hydrogens (tertiary/aromatic N) is 2. The Morgan fingerprint density at radius 1 is 0.762 bits per heavy atom. The third kappa shape index (κ3) is 3.18. The summed E-state index contributed by atoms with van der Waals surface area (Å²) in [6.45, 7) is 0. The lowest BCUT2D eigenvalue weighted by molar-refractivity contribution is -0.186. The molecular weight excluding hydrogens is 306 g/mol. The molecule has 0 aromatic heterocycles. The molecule has 1 aromatic carbocycles. The SMILES string of the molecule is O=C=NC(N=C=O)(c1ccc(C(F)(F)F)cc1)C(F)(F)F. The van der Waals surface area contributed by atoms with Crippen LogP contribution in [0, 0.1) is 0 Å². The largest absolute Gasteiger partial charge is 0.440 e. The monoisotopic (exact) mass is 310 g/mol. The van der Waals surface area contributed by atoms with E-state index >= 15 is 0 Å². The van der Waals surface area contributed by atoms with Gasteiger partial charge in [-0.15, -0.1) is 0 Å². The van der Waals surface area contributed by atoms with Crippen LogP contribution < -0.4 is 0 Å². The number of aliphatic imine (C=N–C) groups is 2. The second kappa shape index (κ2) is 5.51. The summed E-state index contributed by atoms with van der Waals surface area (Å²) in [5, 5.41) is 0. The van der Waals surface area contributed by atoms with Crippen molar-refractivity contribution in [2.75, 3.05) is 0 Å². The molecule has 0 atom stereocenters. The fourth-order valence-electron chi connectivity index (χ4n) is 1.47. The van der Waals surface area contributed by atoms with Gasteiger partial charge in [-0.2, -0.15) is 36.3 Å². The molecule has 0 unspecified atom stereocenters. The van der Waals surface area contributed by atoms with Crippen LogP contribution in [0.3, 0.4) is 0 Å². The highest BCUT2D eigenvalue weighted by atomic mass is 19.4. The zero-order valence-corrected chi connectivity index (χ0v) is 9.79. The number of carbonyl (C=O) groups excluding carboxylic acids is 2. The van der Waals surface area contributed by atoms with Gasteiger partial charge < -0.3 is 0 Å². The van der Waals surface area contributed by atoms with Gasteiger partial charge in [-0.25, -0.2) is 9.59 Å². The maximum atomic E-state index is 13.0. The Balaban J connectivity index is 3.54. The quantitative estimate of drug-likeness (QED) is 0.489. The molecule has 112 valence electrons. The van der Waals surface area contributed by atoms with Crippen LogP contribution in [0.2, 0.25) is 0 Å².